The molecule has 4 heteroatoms. The molecule has 0 fully saturated rings. The molecule has 0 aliphatic carbocycles. The number of carbonyl (C=O) groups excluding carboxylic acids is 1. The number of para-hydroxylation sites is 2. The Morgan fingerprint density at radius 1 is 0.867 bits per heavy atom. The van der Waals surface area contributed by atoms with Gasteiger partial charge in [-0.15, -0.1) is 0 Å². The number of ether oxygens (including phenoxy) is 1. The highest BCUT2D eigenvalue weighted by Gasteiger charge is 2.06. The van der Waals surface area contributed by atoms with Crippen molar-refractivity contribution in [3.63, 3.8) is 0 Å². The number of aliphatic imine (C=N–C) groups is 1. The molecular weight excluding hydrogens is 374 g/mol. The fourth-order valence-corrected chi connectivity index (χ4v) is 3.26. The van der Waals surface area contributed by atoms with Gasteiger partial charge in [0.1, 0.15) is 11.4 Å². The number of hydrogen-bond acceptors (Lipinski definition) is 4. The molecule has 2 aromatic carbocycles. The molecule has 0 radical (unpaired) electrons. The molecule has 0 atom stereocenters. The highest BCUT2D eigenvalue weighted by atomic mass is 16.5. The minimum atomic E-state index is -0.282. The van der Waals surface area contributed by atoms with Crippen LogP contribution in [0.2, 0.25) is 0 Å². The van der Waals surface area contributed by atoms with Crippen LogP contribution in [0.3, 0.4) is 0 Å². The molecule has 0 bridgehead atoms. The van der Waals surface area contributed by atoms with Gasteiger partial charge in [0.05, 0.1) is 12.2 Å². The standard InChI is InChI=1S/C26H35NO3/c1-2-3-4-5-6-7-8-9-10-13-20-30-26(29)23-18-16-22(17-19-23)21-27-24-14-11-12-15-25(24)28/h11-12,14-19,21,28H,2-10,13,20H2,1H3. The van der Waals surface area contributed by atoms with E-state index in [0.29, 0.717) is 17.9 Å². The minimum Gasteiger partial charge on any atom is -0.506 e. The van der Waals surface area contributed by atoms with Crippen LogP contribution in [0.5, 0.6) is 5.75 Å². The lowest BCUT2D eigenvalue weighted by molar-refractivity contribution is 0.0497. The molecule has 0 saturated carbocycles. The number of carbonyl (C=O) groups is 1. The summed E-state index contributed by atoms with van der Waals surface area (Å²) in [7, 11) is 0. The van der Waals surface area contributed by atoms with Crippen LogP contribution < -0.4 is 0 Å². The van der Waals surface area contributed by atoms with Gasteiger partial charge in [0.2, 0.25) is 0 Å². The first-order valence-electron chi connectivity index (χ1n) is 11.3. The first kappa shape index (κ1) is 23.7. The van der Waals surface area contributed by atoms with E-state index in [-0.39, 0.29) is 11.7 Å². The van der Waals surface area contributed by atoms with E-state index in [0.717, 1.165) is 18.4 Å². The van der Waals surface area contributed by atoms with E-state index in [4.69, 9.17) is 4.74 Å². The minimum absolute atomic E-state index is 0.140. The normalized spacial score (nSPS) is 11.1. The van der Waals surface area contributed by atoms with E-state index in [9.17, 15) is 9.90 Å². The van der Waals surface area contributed by atoms with Gasteiger partial charge in [0, 0.05) is 6.21 Å². The Labute approximate surface area is 181 Å². The first-order valence-corrected chi connectivity index (χ1v) is 11.3. The Hall–Kier alpha value is -2.62. The second-order valence-electron chi connectivity index (χ2n) is 7.69. The lowest BCUT2D eigenvalue weighted by Gasteiger charge is -2.05. The van der Waals surface area contributed by atoms with Gasteiger partial charge in [-0.1, -0.05) is 89.0 Å². The molecule has 0 amide bonds. The maximum atomic E-state index is 12.2. The van der Waals surface area contributed by atoms with Crippen molar-refractivity contribution in [3.05, 3.63) is 59.7 Å². The van der Waals surface area contributed by atoms with Crippen molar-refractivity contribution in [2.75, 3.05) is 6.61 Å². The SMILES string of the molecule is CCCCCCCCCCCCOC(=O)c1ccc(C=Nc2ccccc2O)cc1. The highest BCUT2D eigenvalue weighted by molar-refractivity contribution is 5.91. The van der Waals surface area contributed by atoms with Gasteiger partial charge < -0.3 is 9.84 Å². The van der Waals surface area contributed by atoms with Crippen molar-refractivity contribution >= 4 is 17.9 Å². The maximum Gasteiger partial charge on any atom is 0.338 e. The van der Waals surface area contributed by atoms with Crippen LogP contribution in [0.4, 0.5) is 5.69 Å². The summed E-state index contributed by atoms with van der Waals surface area (Å²) < 4.78 is 5.38. The van der Waals surface area contributed by atoms with Crippen LogP contribution in [0.1, 0.15) is 87.1 Å². The quantitative estimate of drug-likeness (QED) is 0.203. The van der Waals surface area contributed by atoms with Gasteiger partial charge in [-0.2, -0.15) is 0 Å². The van der Waals surface area contributed by atoms with Gasteiger partial charge in [0.25, 0.3) is 0 Å². The Balaban J connectivity index is 1.60. The van der Waals surface area contributed by atoms with Gasteiger partial charge in [-0.05, 0) is 36.2 Å². The number of benzene rings is 2. The van der Waals surface area contributed by atoms with Crippen LogP contribution in [0.25, 0.3) is 0 Å². The summed E-state index contributed by atoms with van der Waals surface area (Å²) in [6.45, 7) is 2.72. The fourth-order valence-electron chi connectivity index (χ4n) is 3.26. The average molecular weight is 410 g/mol. The number of unbranched alkanes of at least 4 members (excludes halogenated alkanes) is 9. The molecular formula is C26H35NO3. The van der Waals surface area contributed by atoms with Crippen molar-refractivity contribution in [2.24, 2.45) is 4.99 Å². The second kappa shape index (κ2) is 14.4. The predicted octanol–water partition coefficient (Wildman–Crippen LogP) is 7.22. The lowest BCUT2D eigenvalue weighted by atomic mass is 10.1. The molecule has 0 aliphatic rings. The number of aromatic hydroxyl groups is 1. The third kappa shape index (κ3) is 9.25. The summed E-state index contributed by atoms with van der Waals surface area (Å²) in [5, 5.41) is 9.73. The number of phenols is 1. The zero-order chi connectivity index (χ0) is 21.4. The smallest absolute Gasteiger partial charge is 0.338 e. The van der Waals surface area contributed by atoms with Gasteiger partial charge in [0.15, 0.2) is 0 Å². The molecule has 0 heterocycles. The molecule has 0 spiro atoms. The van der Waals surface area contributed by atoms with Crippen LogP contribution in [-0.4, -0.2) is 23.9 Å². The maximum absolute atomic E-state index is 12.2. The Morgan fingerprint density at radius 3 is 2.10 bits per heavy atom. The molecule has 0 saturated heterocycles. The van der Waals surface area contributed by atoms with Crippen molar-refractivity contribution in [3.8, 4) is 5.75 Å². The van der Waals surface area contributed by atoms with Crippen LogP contribution >= 0.6 is 0 Å². The molecule has 2 aromatic rings. The molecule has 4 nitrogen and oxygen atoms in total. The zero-order valence-corrected chi connectivity index (χ0v) is 18.2. The number of hydrogen-bond donors (Lipinski definition) is 1. The Morgan fingerprint density at radius 2 is 1.47 bits per heavy atom. The van der Waals surface area contributed by atoms with Crippen LogP contribution in [-0.2, 0) is 4.74 Å². The van der Waals surface area contributed by atoms with Crippen molar-refractivity contribution in [2.45, 2.75) is 71.1 Å². The van der Waals surface area contributed by atoms with Crippen LogP contribution in [0, 0.1) is 0 Å². The van der Waals surface area contributed by atoms with Gasteiger partial charge >= 0.3 is 5.97 Å². The summed E-state index contributed by atoms with van der Waals surface area (Å²) in [6, 6.07) is 14.0. The molecule has 2 rings (SSSR count). The summed E-state index contributed by atoms with van der Waals surface area (Å²) in [6.07, 6.45) is 14.3. The third-order valence-corrected chi connectivity index (χ3v) is 5.11. The Bertz CT molecular complexity index is 768. The second-order valence-corrected chi connectivity index (χ2v) is 7.69. The number of rotatable bonds is 14. The molecule has 1 N–H and O–H groups in total. The summed E-state index contributed by atoms with van der Waals surface area (Å²) in [4.78, 5) is 16.4. The van der Waals surface area contributed by atoms with E-state index in [1.54, 1.807) is 36.5 Å². The zero-order valence-electron chi connectivity index (χ0n) is 18.2. The van der Waals surface area contributed by atoms with E-state index in [2.05, 4.69) is 11.9 Å². The van der Waals surface area contributed by atoms with Gasteiger partial charge in [-0.3, -0.25) is 4.99 Å². The average Bonchev–Trinajstić information content (AvgIpc) is 2.77. The summed E-state index contributed by atoms with van der Waals surface area (Å²) in [5.74, 6) is -0.143. The van der Waals surface area contributed by atoms with Crippen molar-refractivity contribution in [1.82, 2.24) is 0 Å². The monoisotopic (exact) mass is 409 g/mol. The molecule has 0 aromatic heterocycles. The predicted molar refractivity (Wildman–Crippen MR) is 124 cm³/mol. The highest BCUT2D eigenvalue weighted by Crippen LogP contribution is 2.24. The number of esters is 1. The first-order chi connectivity index (χ1) is 14.7. The van der Waals surface area contributed by atoms with E-state index >= 15 is 0 Å². The third-order valence-electron chi connectivity index (χ3n) is 5.11. The lowest BCUT2D eigenvalue weighted by Crippen LogP contribution is -2.06. The number of nitrogens with zero attached hydrogens (tertiary/aromatic N) is 1. The van der Waals surface area contributed by atoms with Crippen molar-refractivity contribution in [1.29, 1.82) is 0 Å². The summed E-state index contributed by atoms with van der Waals surface area (Å²) >= 11 is 0. The molecule has 0 unspecified atom stereocenters. The summed E-state index contributed by atoms with van der Waals surface area (Å²) in [5.41, 5.74) is 1.91. The largest absolute Gasteiger partial charge is 0.506 e. The Kier molecular flexibility index (Phi) is 11.3. The van der Waals surface area contributed by atoms with E-state index in [1.807, 2.05) is 18.2 Å². The van der Waals surface area contributed by atoms with Gasteiger partial charge in [-0.25, -0.2) is 4.79 Å². The number of phenolic OH excluding ortho intramolecular Hbond substituents is 1. The van der Waals surface area contributed by atoms with Crippen LogP contribution in [0.15, 0.2) is 53.5 Å². The topological polar surface area (TPSA) is 58.9 Å². The van der Waals surface area contributed by atoms with E-state index < -0.39 is 0 Å². The molecule has 30 heavy (non-hydrogen) atoms. The van der Waals surface area contributed by atoms with Crippen molar-refractivity contribution < 1.29 is 14.6 Å². The van der Waals surface area contributed by atoms with E-state index in [1.165, 1.54) is 51.4 Å². The molecule has 162 valence electrons. The molecule has 0 aliphatic heterocycles. The fraction of sp³-hybridized carbons (Fsp3) is 0.462.